The summed E-state index contributed by atoms with van der Waals surface area (Å²) in [4.78, 5) is 9.16. The van der Waals surface area contributed by atoms with Gasteiger partial charge in [0.05, 0.1) is 11.0 Å². The Labute approximate surface area is 111 Å². The number of anilines is 3. The van der Waals surface area contributed by atoms with Crippen molar-refractivity contribution in [2.24, 2.45) is 0 Å². The molecule has 0 radical (unpaired) electrons. The third-order valence-electron chi connectivity index (χ3n) is 2.84. The normalized spacial score (nSPS) is 10.4. The molecule has 0 spiro atoms. The van der Waals surface area contributed by atoms with Gasteiger partial charge in [0.15, 0.2) is 11.6 Å². The Hall–Kier alpha value is -2.62. The van der Waals surface area contributed by atoms with Crippen LogP contribution in [-0.2, 0) is 0 Å². The van der Waals surface area contributed by atoms with E-state index < -0.39 is 0 Å². The van der Waals surface area contributed by atoms with E-state index in [1.165, 1.54) is 0 Å². The van der Waals surface area contributed by atoms with Crippen LogP contribution in [0.15, 0.2) is 54.6 Å². The van der Waals surface area contributed by atoms with Crippen molar-refractivity contribution in [3.05, 3.63) is 54.6 Å². The molecular weight excluding hydrogens is 236 g/mol. The highest BCUT2D eigenvalue weighted by molar-refractivity contribution is 5.81. The molecule has 1 aromatic heterocycles. The number of fused-ring (bicyclic) bond motifs is 1. The van der Waals surface area contributed by atoms with Crippen LogP contribution in [-0.4, -0.2) is 17.0 Å². The van der Waals surface area contributed by atoms with Crippen LogP contribution in [0, 0.1) is 0 Å². The van der Waals surface area contributed by atoms with Gasteiger partial charge < -0.3 is 10.6 Å². The molecular formula is C15H14N4. The molecule has 4 heteroatoms. The van der Waals surface area contributed by atoms with Gasteiger partial charge >= 0.3 is 0 Å². The van der Waals surface area contributed by atoms with E-state index in [2.05, 4.69) is 20.6 Å². The first-order valence-corrected chi connectivity index (χ1v) is 6.13. The summed E-state index contributed by atoms with van der Waals surface area (Å²) in [5, 5.41) is 6.35. The molecule has 2 N–H and O–H groups in total. The Morgan fingerprint density at radius 3 is 1.95 bits per heavy atom. The first-order chi connectivity index (χ1) is 9.36. The van der Waals surface area contributed by atoms with Gasteiger partial charge in [-0.25, -0.2) is 9.97 Å². The van der Waals surface area contributed by atoms with Gasteiger partial charge in [-0.15, -0.1) is 0 Å². The van der Waals surface area contributed by atoms with Crippen LogP contribution in [0.2, 0.25) is 0 Å². The smallest absolute Gasteiger partial charge is 0.174 e. The van der Waals surface area contributed by atoms with Crippen LogP contribution in [0.3, 0.4) is 0 Å². The molecule has 3 rings (SSSR count). The first-order valence-electron chi connectivity index (χ1n) is 6.13. The Bertz CT molecular complexity index is 695. The highest BCUT2D eigenvalue weighted by atomic mass is 15.1. The van der Waals surface area contributed by atoms with E-state index in [9.17, 15) is 0 Å². The van der Waals surface area contributed by atoms with E-state index in [1.807, 2.05) is 61.6 Å². The second-order valence-electron chi connectivity index (χ2n) is 4.15. The largest absolute Gasteiger partial charge is 0.370 e. The van der Waals surface area contributed by atoms with Gasteiger partial charge in [0.2, 0.25) is 0 Å². The average molecular weight is 250 g/mol. The van der Waals surface area contributed by atoms with E-state index in [-0.39, 0.29) is 0 Å². The highest BCUT2D eigenvalue weighted by Crippen LogP contribution is 2.24. The number of benzene rings is 2. The number of rotatable bonds is 3. The molecule has 0 saturated carbocycles. The standard InChI is InChI=1S/C15H14N4/c1-16-14-15(17-11-7-3-2-4-8-11)19-13-10-6-5-9-12(13)18-14/h2-10H,1H3,(H,16,18)(H,17,19). The maximum Gasteiger partial charge on any atom is 0.174 e. The summed E-state index contributed by atoms with van der Waals surface area (Å²) in [6.45, 7) is 0. The fourth-order valence-corrected chi connectivity index (χ4v) is 1.92. The predicted molar refractivity (Wildman–Crippen MR) is 78.8 cm³/mol. The number of hydrogen-bond acceptors (Lipinski definition) is 4. The molecule has 0 aliphatic carbocycles. The zero-order valence-electron chi connectivity index (χ0n) is 10.6. The lowest BCUT2D eigenvalue weighted by Gasteiger charge is -2.11. The van der Waals surface area contributed by atoms with Crippen molar-refractivity contribution in [1.82, 2.24) is 9.97 Å². The maximum absolute atomic E-state index is 4.61. The number of aromatic nitrogens is 2. The topological polar surface area (TPSA) is 49.8 Å². The van der Waals surface area contributed by atoms with Crippen molar-refractivity contribution in [1.29, 1.82) is 0 Å². The van der Waals surface area contributed by atoms with Crippen LogP contribution in [0.4, 0.5) is 17.3 Å². The highest BCUT2D eigenvalue weighted by Gasteiger charge is 2.07. The van der Waals surface area contributed by atoms with Gasteiger partial charge in [-0.1, -0.05) is 30.3 Å². The minimum Gasteiger partial charge on any atom is -0.370 e. The fraction of sp³-hybridized carbons (Fsp3) is 0.0667. The maximum atomic E-state index is 4.61. The van der Waals surface area contributed by atoms with E-state index in [0.717, 1.165) is 28.4 Å². The van der Waals surface area contributed by atoms with Crippen LogP contribution in [0.5, 0.6) is 0 Å². The second kappa shape index (κ2) is 4.94. The molecule has 3 aromatic rings. The SMILES string of the molecule is CNc1nc2ccccc2nc1Nc1ccccc1. The van der Waals surface area contributed by atoms with Crippen molar-refractivity contribution < 1.29 is 0 Å². The van der Waals surface area contributed by atoms with Crippen molar-refractivity contribution in [3.8, 4) is 0 Å². The van der Waals surface area contributed by atoms with Gasteiger partial charge in [0, 0.05) is 12.7 Å². The van der Waals surface area contributed by atoms with E-state index >= 15 is 0 Å². The predicted octanol–water partition coefficient (Wildman–Crippen LogP) is 3.42. The zero-order valence-corrected chi connectivity index (χ0v) is 10.6. The van der Waals surface area contributed by atoms with Gasteiger partial charge in [-0.2, -0.15) is 0 Å². The van der Waals surface area contributed by atoms with Crippen molar-refractivity contribution in [3.63, 3.8) is 0 Å². The average Bonchev–Trinajstić information content (AvgIpc) is 2.47. The summed E-state index contributed by atoms with van der Waals surface area (Å²) in [6.07, 6.45) is 0. The molecule has 2 aromatic carbocycles. The van der Waals surface area contributed by atoms with Gasteiger partial charge in [-0.3, -0.25) is 0 Å². The zero-order chi connectivity index (χ0) is 13.1. The molecule has 0 amide bonds. The van der Waals surface area contributed by atoms with Crippen molar-refractivity contribution in [2.75, 3.05) is 17.7 Å². The minimum atomic E-state index is 0.729. The van der Waals surface area contributed by atoms with Gasteiger partial charge in [-0.05, 0) is 24.3 Å². The van der Waals surface area contributed by atoms with Crippen molar-refractivity contribution >= 4 is 28.4 Å². The molecule has 1 heterocycles. The third-order valence-corrected chi connectivity index (χ3v) is 2.84. The molecule has 0 saturated heterocycles. The molecule has 0 aliphatic heterocycles. The number of hydrogen-bond donors (Lipinski definition) is 2. The number of nitrogens with zero attached hydrogens (tertiary/aromatic N) is 2. The summed E-state index contributed by atoms with van der Waals surface area (Å²) in [6, 6.07) is 17.8. The molecule has 19 heavy (non-hydrogen) atoms. The van der Waals surface area contributed by atoms with Gasteiger partial charge in [0.25, 0.3) is 0 Å². The summed E-state index contributed by atoms with van der Waals surface area (Å²) >= 11 is 0. The van der Waals surface area contributed by atoms with Crippen LogP contribution >= 0.6 is 0 Å². The quantitative estimate of drug-likeness (QED) is 0.748. The molecule has 0 bridgehead atoms. The van der Waals surface area contributed by atoms with E-state index in [4.69, 9.17) is 0 Å². The Balaban J connectivity index is 2.06. The number of para-hydroxylation sites is 3. The summed E-state index contributed by atoms with van der Waals surface area (Å²) in [5.41, 5.74) is 2.74. The first kappa shape index (κ1) is 11.5. The summed E-state index contributed by atoms with van der Waals surface area (Å²) < 4.78 is 0. The lowest BCUT2D eigenvalue weighted by atomic mass is 10.3. The monoisotopic (exact) mass is 250 g/mol. The Morgan fingerprint density at radius 2 is 1.32 bits per heavy atom. The Kier molecular flexibility index (Phi) is 2.98. The minimum absolute atomic E-state index is 0.729. The molecule has 0 unspecified atom stereocenters. The second-order valence-corrected chi connectivity index (χ2v) is 4.15. The van der Waals surface area contributed by atoms with Crippen LogP contribution in [0.25, 0.3) is 11.0 Å². The molecule has 0 fully saturated rings. The van der Waals surface area contributed by atoms with Gasteiger partial charge in [0.1, 0.15) is 0 Å². The lowest BCUT2D eigenvalue weighted by Crippen LogP contribution is -2.02. The fourth-order valence-electron chi connectivity index (χ4n) is 1.92. The Morgan fingerprint density at radius 1 is 0.737 bits per heavy atom. The third kappa shape index (κ3) is 2.33. The summed E-state index contributed by atoms with van der Waals surface area (Å²) in [5.74, 6) is 1.47. The lowest BCUT2D eigenvalue weighted by molar-refractivity contribution is 1.25. The molecule has 0 aliphatic rings. The summed E-state index contributed by atoms with van der Waals surface area (Å²) in [7, 11) is 1.84. The van der Waals surface area contributed by atoms with Crippen molar-refractivity contribution in [2.45, 2.75) is 0 Å². The van der Waals surface area contributed by atoms with E-state index in [0.29, 0.717) is 0 Å². The molecule has 0 atom stereocenters. The number of nitrogens with one attached hydrogen (secondary N) is 2. The molecule has 94 valence electrons. The van der Waals surface area contributed by atoms with E-state index in [1.54, 1.807) is 0 Å². The molecule has 4 nitrogen and oxygen atoms in total. The van der Waals surface area contributed by atoms with Crippen LogP contribution < -0.4 is 10.6 Å². The van der Waals surface area contributed by atoms with Crippen LogP contribution in [0.1, 0.15) is 0 Å².